The summed E-state index contributed by atoms with van der Waals surface area (Å²) in [6, 6.07) is 6.02. The molecule has 2 aromatic heterocycles. The number of furan rings is 2. The van der Waals surface area contributed by atoms with E-state index in [0.717, 1.165) is 64.7 Å². The predicted molar refractivity (Wildman–Crippen MR) is 83.7 cm³/mol. The Morgan fingerprint density at radius 3 is 2.55 bits per heavy atom. The Morgan fingerprint density at radius 2 is 1.82 bits per heavy atom. The number of isocyanates is 1. The summed E-state index contributed by atoms with van der Waals surface area (Å²) in [5, 5.41) is 2.00. The summed E-state index contributed by atoms with van der Waals surface area (Å²) in [6.45, 7) is 3.86. The van der Waals surface area contributed by atoms with E-state index in [1.165, 1.54) is 0 Å². The molecule has 0 amide bonds. The van der Waals surface area contributed by atoms with Crippen molar-refractivity contribution in [2.24, 2.45) is 4.99 Å². The smallest absolute Gasteiger partial charge is 0.235 e. The molecule has 0 aliphatic heterocycles. The Bertz CT molecular complexity index is 864. The van der Waals surface area contributed by atoms with Gasteiger partial charge in [-0.05, 0) is 44.9 Å². The highest BCUT2D eigenvalue weighted by Crippen LogP contribution is 2.48. The van der Waals surface area contributed by atoms with E-state index in [0.29, 0.717) is 0 Å². The molecule has 1 aliphatic carbocycles. The fourth-order valence-electron chi connectivity index (χ4n) is 3.86. The Kier molecular flexibility index (Phi) is 2.78. The monoisotopic (exact) mass is 295 g/mol. The van der Waals surface area contributed by atoms with Gasteiger partial charge in [0.2, 0.25) is 6.08 Å². The van der Waals surface area contributed by atoms with E-state index in [1.54, 1.807) is 6.08 Å². The van der Waals surface area contributed by atoms with E-state index in [-0.39, 0.29) is 0 Å². The van der Waals surface area contributed by atoms with E-state index < -0.39 is 5.54 Å². The van der Waals surface area contributed by atoms with Crippen LogP contribution in [0.4, 0.5) is 0 Å². The zero-order chi connectivity index (χ0) is 15.3. The maximum Gasteiger partial charge on any atom is 0.235 e. The minimum Gasteiger partial charge on any atom is -0.461 e. The molecular weight excluding hydrogens is 278 g/mol. The van der Waals surface area contributed by atoms with Crippen molar-refractivity contribution in [3.05, 3.63) is 35.3 Å². The molecule has 1 aliphatic rings. The molecule has 4 heteroatoms. The lowest BCUT2D eigenvalue weighted by Gasteiger charge is -2.23. The molecule has 2 heterocycles. The Labute approximate surface area is 127 Å². The molecule has 1 saturated carbocycles. The van der Waals surface area contributed by atoms with Gasteiger partial charge in [0.1, 0.15) is 28.2 Å². The normalized spacial score (nSPS) is 17.2. The average molecular weight is 295 g/mol. The number of carbonyl (C=O) groups excluding carboxylic acids is 1. The van der Waals surface area contributed by atoms with Crippen molar-refractivity contribution >= 4 is 28.0 Å². The third-order valence-corrected chi connectivity index (χ3v) is 4.71. The molecule has 0 saturated heterocycles. The molecule has 22 heavy (non-hydrogen) atoms. The third-order valence-electron chi connectivity index (χ3n) is 4.71. The minimum atomic E-state index is -0.528. The molecule has 0 atom stereocenters. The molecule has 1 fully saturated rings. The summed E-state index contributed by atoms with van der Waals surface area (Å²) in [5.41, 5.74) is 2.12. The quantitative estimate of drug-likeness (QED) is 0.499. The van der Waals surface area contributed by atoms with Gasteiger partial charge in [-0.3, -0.25) is 0 Å². The van der Waals surface area contributed by atoms with Gasteiger partial charge in [-0.15, -0.1) is 0 Å². The van der Waals surface area contributed by atoms with Crippen LogP contribution in [0.5, 0.6) is 0 Å². The lowest BCUT2D eigenvalue weighted by Crippen LogP contribution is -2.19. The van der Waals surface area contributed by atoms with Gasteiger partial charge in [-0.2, -0.15) is 4.99 Å². The molecule has 4 nitrogen and oxygen atoms in total. The number of fused-ring (bicyclic) bond motifs is 2. The van der Waals surface area contributed by atoms with Crippen LogP contribution >= 0.6 is 0 Å². The largest absolute Gasteiger partial charge is 0.461 e. The van der Waals surface area contributed by atoms with Crippen LogP contribution in [-0.2, 0) is 10.3 Å². The van der Waals surface area contributed by atoms with Crippen molar-refractivity contribution in [1.29, 1.82) is 0 Å². The van der Waals surface area contributed by atoms with Crippen LogP contribution in [-0.4, -0.2) is 6.08 Å². The lowest BCUT2D eigenvalue weighted by molar-refractivity contribution is 0.452. The summed E-state index contributed by atoms with van der Waals surface area (Å²) >= 11 is 0. The zero-order valence-corrected chi connectivity index (χ0v) is 12.7. The van der Waals surface area contributed by atoms with Gasteiger partial charge in [0.05, 0.1) is 0 Å². The minimum absolute atomic E-state index is 0.528. The standard InChI is InChI=1S/C18H17NO3/c1-11-7-13-9-15-14(8-12(2)21-15)16(17(13)22-11)18(19-10-20)5-3-4-6-18/h7-9H,3-6H2,1-2H3. The van der Waals surface area contributed by atoms with Crippen molar-refractivity contribution < 1.29 is 13.6 Å². The van der Waals surface area contributed by atoms with Crippen molar-refractivity contribution in [1.82, 2.24) is 0 Å². The van der Waals surface area contributed by atoms with E-state index in [2.05, 4.69) is 4.99 Å². The molecule has 0 radical (unpaired) electrons. The molecule has 0 bridgehead atoms. The van der Waals surface area contributed by atoms with Crippen molar-refractivity contribution in [3.63, 3.8) is 0 Å². The summed E-state index contributed by atoms with van der Waals surface area (Å²) in [6.07, 6.45) is 5.60. The van der Waals surface area contributed by atoms with E-state index in [1.807, 2.05) is 32.0 Å². The van der Waals surface area contributed by atoms with Gasteiger partial charge in [0, 0.05) is 16.3 Å². The van der Waals surface area contributed by atoms with Crippen LogP contribution in [0.15, 0.2) is 32.0 Å². The first-order chi connectivity index (χ1) is 10.6. The fourth-order valence-corrected chi connectivity index (χ4v) is 3.86. The second-order valence-corrected chi connectivity index (χ2v) is 6.24. The number of hydrogen-bond donors (Lipinski definition) is 0. The maximum atomic E-state index is 11.1. The van der Waals surface area contributed by atoms with Crippen molar-refractivity contribution in [2.75, 3.05) is 0 Å². The molecule has 112 valence electrons. The van der Waals surface area contributed by atoms with Crippen LogP contribution < -0.4 is 0 Å². The number of aliphatic imine (C=N–C) groups is 1. The van der Waals surface area contributed by atoms with Crippen LogP contribution in [0, 0.1) is 13.8 Å². The molecular formula is C18H17NO3. The molecule has 0 unspecified atom stereocenters. The first kappa shape index (κ1) is 13.4. The summed E-state index contributed by atoms with van der Waals surface area (Å²) < 4.78 is 11.8. The molecule has 0 spiro atoms. The van der Waals surface area contributed by atoms with Crippen LogP contribution in [0.1, 0.15) is 42.8 Å². The van der Waals surface area contributed by atoms with Crippen LogP contribution in [0.3, 0.4) is 0 Å². The van der Waals surface area contributed by atoms with E-state index >= 15 is 0 Å². The summed E-state index contributed by atoms with van der Waals surface area (Å²) in [5.74, 6) is 1.70. The van der Waals surface area contributed by atoms with Gasteiger partial charge < -0.3 is 8.83 Å². The van der Waals surface area contributed by atoms with Crippen molar-refractivity contribution in [2.45, 2.75) is 45.1 Å². The highest BCUT2D eigenvalue weighted by Gasteiger charge is 2.40. The Balaban J connectivity index is 2.17. The lowest BCUT2D eigenvalue weighted by atomic mass is 9.85. The van der Waals surface area contributed by atoms with Gasteiger partial charge in [-0.1, -0.05) is 12.8 Å². The van der Waals surface area contributed by atoms with Gasteiger partial charge in [-0.25, -0.2) is 4.79 Å². The second-order valence-electron chi connectivity index (χ2n) is 6.24. The van der Waals surface area contributed by atoms with E-state index in [4.69, 9.17) is 8.83 Å². The molecule has 3 aromatic rings. The highest BCUT2D eigenvalue weighted by atomic mass is 16.3. The number of aryl methyl sites for hydroxylation is 2. The Hall–Kier alpha value is -2.32. The summed E-state index contributed by atoms with van der Waals surface area (Å²) in [4.78, 5) is 15.3. The molecule has 1 aromatic carbocycles. The number of hydrogen-bond acceptors (Lipinski definition) is 4. The van der Waals surface area contributed by atoms with Gasteiger partial charge >= 0.3 is 0 Å². The van der Waals surface area contributed by atoms with Crippen LogP contribution in [0.2, 0.25) is 0 Å². The first-order valence-corrected chi connectivity index (χ1v) is 7.66. The zero-order valence-electron chi connectivity index (χ0n) is 12.7. The van der Waals surface area contributed by atoms with Gasteiger partial charge in [0.15, 0.2) is 0 Å². The second kappa shape index (κ2) is 4.59. The van der Waals surface area contributed by atoms with E-state index in [9.17, 15) is 4.79 Å². The van der Waals surface area contributed by atoms with Gasteiger partial charge in [0.25, 0.3) is 0 Å². The summed E-state index contributed by atoms with van der Waals surface area (Å²) in [7, 11) is 0. The molecule has 0 N–H and O–H groups in total. The Morgan fingerprint density at radius 1 is 1.09 bits per heavy atom. The SMILES string of the molecule is Cc1cc2c(C3(N=C=O)CCCC3)c3oc(C)cc3cc2o1. The van der Waals surface area contributed by atoms with Crippen molar-refractivity contribution in [3.8, 4) is 0 Å². The number of nitrogens with zero attached hydrogens (tertiary/aromatic N) is 1. The van der Waals surface area contributed by atoms with Crippen LogP contribution in [0.25, 0.3) is 21.9 Å². The number of benzene rings is 1. The number of rotatable bonds is 2. The topological polar surface area (TPSA) is 55.7 Å². The average Bonchev–Trinajstić information content (AvgIpc) is 3.14. The highest BCUT2D eigenvalue weighted by molar-refractivity contribution is 5.99. The fraction of sp³-hybridized carbons (Fsp3) is 0.389. The first-order valence-electron chi connectivity index (χ1n) is 7.66. The maximum absolute atomic E-state index is 11.1. The third kappa shape index (κ3) is 1.77. The predicted octanol–water partition coefficient (Wildman–Crippen LogP) is 4.90. The molecule has 4 rings (SSSR count).